The third kappa shape index (κ3) is 5.17. The van der Waals surface area contributed by atoms with Crippen molar-refractivity contribution in [1.82, 2.24) is 10.2 Å². The fourth-order valence-electron chi connectivity index (χ4n) is 4.13. The minimum atomic E-state index is -0.0418. The molecule has 1 aliphatic heterocycles. The zero-order valence-electron chi connectivity index (χ0n) is 18.0. The third-order valence-electron chi connectivity index (χ3n) is 5.96. The summed E-state index contributed by atoms with van der Waals surface area (Å²) < 4.78 is 0.967. The molecule has 1 unspecified atom stereocenters. The van der Waals surface area contributed by atoms with E-state index in [-0.39, 0.29) is 11.9 Å². The van der Waals surface area contributed by atoms with Gasteiger partial charge < -0.3 is 10.2 Å². The van der Waals surface area contributed by atoms with Crippen molar-refractivity contribution in [3.8, 4) is 0 Å². The number of benzene rings is 3. The van der Waals surface area contributed by atoms with E-state index in [2.05, 4.69) is 79.6 Å². The van der Waals surface area contributed by atoms with E-state index in [1.54, 1.807) is 0 Å². The third-order valence-corrected chi connectivity index (χ3v) is 6.49. The molecule has 0 fully saturated rings. The minimum absolute atomic E-state index is 0.0418. The smallest absolute Gasteiger partial charge is 0.251 e. The van der Waals surface area contributed by atoms with Gasteiger partial charge in [-0.3, -0.25) is 9.69 Å². The van der Waals surface area contributed by atoms with E-state index in [9.17, 15) is 4.79 Å². The van der Waals surface area contributed by atoms with Crippen molar-refractivity contribution in [3.05, 3.63) is 99.5 Å². The zero-order chi connectivity index (χ0) is 21.8. The number of carbonyl (C=O) groups excluding carboxylic acids is 1. The Kier molecular flexibility index (Phi) is 6.73. The van der Waals surface area contributed by atoms with Crippen LogP contribution in [0.5, 0.6) is 0 Å². The Morgan fingerprint density at radius 3 is 2.35 bits per heavy atom. The maximum Gasteiger partial charge on any atom is 0.251 e. The average molecular weight is 478 g/mol. The molecule has 160 valence electrons. The van der Waals surface area contributed by atoms with Crippen molar-refractivity contribution >= 4 is 27.5 Å². The fourth-order valence-corrected chi connectivity index (χ4v) is 4.39. The van der Waals surface area contributed by atoms with Gasteiger partial charge in [0.15, 0.2) is 0 Å². The standard InChI is InChI=1S/C26H28BrN3O/c1-29(2)24-13-9-20(10-14-24)25(17-28-26(31)21-7-11-23(27)12-8-21)30-16-15-19-5-3-4-6-22(19)18-30/h3-14,25H,15-18H2,1-2H3,(H,28,31). The van der Waals surface area contributed by atoms with Crippen molar-refractivity contribution in [3.63, 3.8) is 0 Å². The van der Waals surface area contributed by atoms with Crippen LogP contribution in [0.1, 0.15) is 33.1 Å². The number of anilines is 1. The summed E-state index contributed by atoms with van der Waals surface area (Å²) in [4.78, 5) is 17.3. The van der Waals surface area contributed by atoms with Crippen LogP contribution < -0.4 is 10.2 Å². The predicted molar refractivity (Wildman–Crippen MR) is 131 cm³/mol. The average Bonchev–Trinajstić information content (AvgIpc) is 2.79. The first kappa shape index (κ1) is 21.6. The predicted octanol–water partition coefficient (Wildman–Crippen LogP) is 5.04. The van der Waals surface area contributed by atoms with E-state index >= 15 is 0 Å². The van der Waals surface area contributed by atoms with Crippen LogP contribution in [0, 0.1) is 0 Å². The van der Waals surface area contributed by atoms with Gasteiger partial charge in [-0.05, 0) is 59.5 Å². The summed E-state index contributed by atoms with van der Waals surface area (Å²) >= 11 is 3.43. The summed E-state index contributed by atoms with van der Waals surface area (Å²) in [5.74, 6) is -0.0418. The molecule has 31 heavy (non-hydrogen) atoms. The van der Waals surface area contributed by atoms with E-state index in [1.165, 1.54) is 22.4 Å². The van der Waals surface area contributed by atoms with Crippen LogP contribution in [0.15, 0.2) is 77.3 Å². The maximum atomic E-state index is 12.8. The second-order valence-electron chi connectivity index (χ2n) is 8.21. The molecule has 0 aromatic heterocycles. The number of nitrogens with one attached hydrogen (secondary N) is 1. The molecule has 5 heteroatoms. The molecule has 0 spiro atoms. The van der Waals surface area contributed by atoms with Gasteiger partial charge >= 0.3 is 0 Å². The summed E-state index contributed by atoms with van der Waals surface area (Å²) in [5, 5.41) is 3.17. The van der Waals surface area contributed by atoms with Gasteiger partial charge in [0.2, 0.25) is 0 Å². The van der Waals surface area contributed by atoms with Crippen LogP contribution in [0.25, 0.3) is 0 Å². The Balaban J connectivity index is 1.55. The fraction of sp³-hybridized carbons (Fsp3) is 0.269. The highest BCUT2D eigenvalue weighted by atomic mass is 79.9. The van der Waals surface area contributed by atoms with Gasteiger partial charge in [-0.2, -0.15) is 0 Å². The lowest BCUT2D eigenvalue weighted by molar-refractivity contribution is 0.0927. The lowest BCUT2D eigenvalue weighted by Gasteiger charge is -2.36. The molecule has 4 nitrogen and oxygen atoms in total. The molecule has 0 saturated carbocycles. The number of nitrogens with zero attached hydrogens (tertiary/aromatic N) is 2. The summed E-state index contributed by atoms with van der Waals surface area (Å²) in [6, 6.07) is 24.9. The van der Waals surface area contributed by atoms with Crippen molar-refractivity contribution in [2.75, 3.05) is 32.1 Å². The minimum Gasteiger partial charge on any atom is -0.378 e. The highest BCUT2D eigenvalue weighted by molar-refractivity contribution is 9.10. The van der Waals surface area contributed by atoms with E-state index in [4.69, 9.17) is 0 Å². The van der Waals surface area contributed by atoms with Crippen molar-refractivity contribution in [1.29, 1.82) is 0 Å². The Morgan fingerprint density at radius 2 is 1.68 bits per heavy atom. The van der Waals surface area contributed by atoms with E-state index < -0.39 is 0 Å². The van der Waals surface area contributed by atoms with Gasteiger partial charge in [-0.15, -0.1) is 0 Å². The maximum absolute atomic E-state index is 12.8. The number of halogens is 1. The first-order valence-corrected chi connectivity index (χ1v) is 11.4. The van der Waals surface area contributed by atoms with Gasteiger partial charge in [0, 0.05) is 49.5 Å². The number of amides is 1. The molecule has 0 saturated heterocycles. The normalized spacial score (nSPS) is 14.5. The number of hydrogen-bond acceptors (Lipinski definition) is 3. The van der Waals surface area contributed by atoms with Gasteiger partial charge in [0.05, 0.1) is 6.04 Å². The molecule has 1 atom stereocenters. The SMILES string of the molecule is CN(C)c1ccc(C(CNC(=O)c2ccc(Br)cc2)N2CCc3ccccc3C2)cc1. The lowest BCUT2D eigenvalue weighted by atomic mass is 9.96. The first-order chi connectivity index (χ1) is 15.0. The van der Waals surface area contributed by atoms with Gasteiger partial charge in [0.1, 0.15) is 0 Å². The van der Waals surface area contributed by atoms with Gasteiger partial charge in [-0.1, -0.05) is 52.3 Å². The Bertz CT molecular complexity index is 1030. The second-order valence-corrected chi connectivity index (χ2v) is 9.12. The van der Waals surface area contributed by atoms with Crippen molar-refractivity contribution in [2.45, 2.75) is 19.0 Å². The molecule has 1 heterocycles. The Morgan fingerprint density at radius 1 is 1.00 bits per heavy atom. The van der Waals surface area contributed by atoms with E-state index in [0.29, 0.717) is 12.1 Å². The van der Waals surface area contributed by atoms with Crippen LogP contribution >= 0.6 is 15.9 Å². The molecular formula is C26H28BrN3O. The topological polar surface area (TPSA) is 35.6 Å². The van der Waals surface area contributed by atoms with Crippen LogP contribution in [0.4, 0.5) is 5.69 Å². The first-order valence-electron chi connectivity index (χ1n) is 10.6. The number of hydrogen-bond donors (Lipinski definition) is 1. The monoisotopic (exact) mass is 477 g/mol. The lowest BCUT2D eigenvalue weighted by Crippen LogP contribution is -2.40. The van der Waals surface area contributed by atoms with Gasteiger partial charge in [-0.25, -0.2) is 0 Å². The van der Waals surface area contributed by atoms with Crippen LogP contribution in [0.3, 0.4) is 0 Å². The summed E-state index contributed by atoms with van der Waals surface area (Å²) in [6.45, 7) is 2.44. The zero-order valence-corrected chi connectivity index (χ0v) is 19.6. The van der Waals surface area contributed by atoms with Crippen molar-refractivity contribution < 1.29 is 4.79 Å². The quantitative estimate of drug-likeness (QED) is 0.539. The molecule has 0 bridgehead atoms. The number of carbonyl (C=O) groups is 1. The highest BCUT2D eigenvalue weighted by Crippen LogP contribution is 2.29. The number of rotatable bonds is 6. The Labute approximate surface area is 193 Å². The molecule has 1 N–H and O–H groups in total. The number of fused-ring (bicyclic) bond motifs is 1. The molecule has 3 aromatic carbocycles. The molecular weight excluding hydrogens is 450 g/mol. The molecule has 1 amide bonds. The van der Waals surface area contributed by atoms with Crippen LogP contribution in [-0.4, -0.2) is 38.0 Å². The van der Waals surface area contributed by atoms with E-state index in [1.807, 2.05) is 38.4 Å². The largest absolute Gasteiger partial charge is 0.378 e. The summed E-state index contributed by atoms with van der Waals surface area (Å²) in [7, 11) is 4.10. The molecule has 0 radical (unpaired) electrons. The van der Waals surface area contributed by atoms with Crippen molar-refractivity contribution in [2.24, 2.45) is 0 Å². The second kappa shape index (κ2) is 9.67. The Hall–Kier alpha value is -2.63. The molecule has 4 rings (SSSR count). The molecule has 3 aromatic rings. The summed E-state index contributed by atoms with van der Waals surface area (Å²) in [6.07, 6.45) is 1.03. The van der Waals surface area contributed by atoms with Gasteiger partial charge in [0.25, 0.3) is 5.91 Å². The highest BCUT2D eigenvalue weighted by Gasteiger charge is 2.25. The molecule has 0 aliphatic carbocycles. The van der Waals surface area contributed by atoms with Crippen LogP contribution in [-0.2, 0) is 13.0 Å². The van der Waals surface area contributed by atoms with E-state index in [0.717, 1.165) is 24.0 Å². The van der Waals surface area contributed by atoms with Crippen LogP contribution in [0.2, 0.25) is 0 Å². The summed E-state index contributed by atoms with van der Waals surface area (Å²) in [5.41, 5.74) is 5.88. The molecule has 1 aliphatic rings.